The van der Waals surface area contributed by atoms with Crippen molar-refractivity contribution in [1.29, 1.82) is 0 Å². The SMILES string of the molecule is c1ccc(-c2ccccc2-n2c3cc4c(cc3c3c5c(ccc32)c(-c2ccccc2)cc2ccccc25)CNN4c2ccccc2)cc1. The first-order valence-electron chi connectivity index (χ1n) is 16.6. The summed E-state index contributed by atoms with van der Waals surface area (Å²) in [5, 5.41) is 9.90. The number of fused-ring (bicyclic) bond motifs is 8. The summed E-state index contributed by atoms with van der Waals surface area (Å²) in [5.41, 5.74) is 15.8. The van der Waals surface area contributed by atoms with E-state index < -0.39 is 0 Å². The molecule has 0 radical (unpaired) electrons. The average Bonchev–Trinajstić information content (AvgIpc) is 3.73. The molecule has 0 spiro atoms. The van der Waals surface area contributed by atoms with E-state index in [1.165, 1.54) is 82.5 Å². The van der Waals surface area contributed by atoms with Gasteiger partial charge in [-0.1, -0.05) is 127 Å². The molecule has 0 aliphatic carbocycles. The maximum Gasteiger partial charge on any atom is 0.0644 e. The van der Waals surface area contributed by atoms with E-state index in [-0.39, 0.29) is 0 Å². The highest BCUT2D eigenvalue weighted by atomic mass is 15.5. The number of hydrazine groups is 1. The van der Waals surface area contributed by atoms with Gasteiger partial charge in [0.2, 0.25) is 0 Å². The number of nitrogens with one attached hydrogen (secondary N) is 1. The largest absolute Gasteiger partial charge is 0.309 e. The van der Waals surface area contributed by atoms with E-state index in [9.17, 15) is 0 Å². The maximum atomic E-state index is 3.67. The van der Waals surface area contributed by atoms with Crippen LogP contribution in [0, 0.1) is 0 Å². The predicted molar refractivity (Wildman–Crippen MR) is 202 cm³/mol. The van der Waals surface area contributed by atoms with E-state index in [0.29, 0.717) is 0 Å². The van der Waals surface area contributed by atoms with E-state index in [1.54, 1.807) is 0 Å². The van der Waals surface area contributed by atoms with Gasteiger partial charge in [-0.05, 0) is 80.9 Å². The second-order valence-electron chi connectivity index (χ2n) is 12.6. The Bertz CT molecular complexity index is 2660. The first-order valence-corrected chi connectivity index (χ1v) is 16.6. The highest BCUT2D eigenvalue weighted by Crippen LogP contribution is 2.46. The molecule has 0 atom stereocenters. The zero-order valence-corrected chi connectivity index (χ0v) is 26.3. The average molecular weight is 614 g/mol. The molecule has 1 N–H and O–H groups in total. The molecular weight excluding hydrogens is 583 g/mol. The second-order valence-corrected chi connectivity index (χ2v) is 12.6. The molecule has 1 aromatic heterocycles. The molecule has 0 fully saturated rings. The van der Waals surface area contributed by atoms with Crippen LogP contribution in [0.15, 0.2) is 170 Å². The van der Waals surface area contributed by atoms with Crippen molar-refractivity contribution in [2.24, 2.45) is 0 Å². The molecule has 0 unspecified atom stereocenters. The van der Waals surface area contributed by atoms with Gasteiger partial charge in [-0.15, -0.1) is 0 Å². The topological polar surface area (TPSA) is 20.2 Å². The third-order valence-electron chi connectivity index (χ3n) is 9.95. The number of nitrogens with zero attached hydrogens (tertiary/aromatic N) is 2. The number of hydrogen-bond donors (Lipinski definition) is 1. The van der Waals surface area contributed by atoms with Crippen LogP contribution in [0.25, 0.3) is 71.3 Å². The Morgan fingerprint density at radius 2 is 1.10 bits per heavy atom. The van der Waals surface area contributed by atoms with Crippen molar-refractivity contribution < 1.29 is 0 Å². The first-order chi connectivity index (χ1) is 23.8. The molecule has 226 valence electrons. The van der Waals surface area contributed by atoms with E-state index in [1.807, 2.05) is 0 Å². The van der Waals surface area contributed by atoms with Crippen LogP contribution in [0.1, 0.15) is 5.56 Å². The van der Waals surface area contributed by atoms with Gasteiger partial charge in [0.1, 0.15) is 0 Å². The molecule has 0 bridgehead atoms. The minimum atomic E-state index is 0.772. The molecule has 9 aromatic rings. The number of para-hydroxylation sites is 2. The molecule has 8 aromatic carbocycles. The van der Waals surface area contributed by atoms with Gasteiger partial charge >= 0.3 is 0 Å². The highest BCUT2D eigenvalue weighted by Gasteiger charge is 2.26. The normalized spacial score (nSPS) is 12.8. The van der Waals surface area contributed by atoms with E-state index in [4.69, 9.17) is 0 Å². The fourth-order valence-electron chi connectivity index (χ4n) is 7.83. The van der Waals surface area contributed by atoms with Crippen molar-refractivity contribution in [3.63, 3.8) is 0 Å². The van der Waals surface area contributed by atoms with Crippen LogP contribution in [-0.4, -0.2) is 4.57 Å². The van der Waals surface area contributed by atoms with Crippen molar-refractivity contribution >= 4 is 54.7 Å². The Balaban J connectivity index is 1.38. The number of benzene rings is 8. The van der Waals surface area contributed by atoms with Crippen LogP contribution in [0.5, 0.6) is 0 Å². The molecular formula is C45H31N3. The van der Waals surface area contributed by atoms with Gasteiger partial charge in [-0.25, -0.2) is 5.43 Å². The summed E-state index contributed by atoms with van der Waals surface area (Å²) >= 11 is 0. The third-order valence-corrected chi connectivity index (χ3v) is 9.95. The van der Waals surface area contributed by atoms with Gasteiger partial charge in [0, 0.05) is 28.3 Å². The Hall–Kier alpha value is -6.16. The van der Waals surface area contributed by atoms with Gasteiger partial charge in [0.15, 0.2) is 0 Å². The van der Waals surface area contributed by atoms with E-state index in [2.05, 4.69) is 185 Å². The summed E-state index contributed by atoms with van der Waals surface area (Å²) in [5.74, 6) is 0. The molecule has 3 heteroatoms. The lowest BCUT2D eigenvalue weighted by Gasteiger charge is -2.20. The molecule has 0 saturated carbocycles. The number of anilines is 2. The summed E-state index contributed by atoms with van der Waals surface area (Å²) in [4.78, 5) is 0. The molecule has 0 amide bonds. The fourth-order valence-corrected chi connectivity index (χ4v) is 7.83. The second kappa shape index (κ2) is 10.7. The van der Waals surface area contributed by atoms with Crippen molar-refractivity contribution in [2.45, 2.75) is 6.54 Å². The summed E-state index contributed by atoms with van der Waals surface area (Å²) in [6.07, 6.45) is 0. The van der Waals surface area contributed by atoms with Crippen molar-refractivity contribution in [3.8, 4) is 27.9 Å². The minimum absolute atomic E-state index is 0.772. The van der Waals surface area contributed by atoms with E-state index >= 15 is 0 Å². The zero-order chi connectivity index (χ0) is 31.6. The molecule has 3 nitrogen and oxygen atoms in total. The maximum absolute atomic E-state index is 3.67. The van der Waals surface area contributed by atoms with Crippen molar-refractivity contribution in [3.05, 3.63) is 175 Å². The Morgan fingerprint density at radius 3 is 1.90 bits per heavy atom. The molecule has 2 heterocycles. The quantitative estimate of drug-likeness (QED) is 0.199. The van der Waals surface area contributed by atoms with Gasteiger partial charge in [0.25, 0.3) is 0 Å². The monoisotopic (exact) mass is 613 g/mol. The van der Waals surface area contributed by atoms with Gasteiger partial charge in [-0.3, -0.25) is 5.01 Å². The Kier molecular flexibility index (Phi) is 6.02. The zero-order valence-electron chi connectivity index (χ0n) is 26.3. The minimum Gasteiger partial charge on any atom is -0.309 e. The molecule has 1 aliphatic rings. The van der Waals surface area contributed by atoms with Crippen LogP contribution in [0.2, 0.25) is 0 Å². The van der Waals surface area contributed by atoms with Gasteiger partial charge in [-0.2, -0.15) is 0 Å². The number of rotatable bonds is 4. The lowest BCUT2D eigenvalue weighted by atomic mass is 9.91. The Morgan fingerprint density at radius 1 is 0.438 bits per heavy atom. The lowest BCUT2D eigenvalue weighted by molar-refractivity contribution is 0.766. The predicted octanol–water partition coefficient (Wildman–Crippen LogP) is 11.6. The molecule has 1 aliphatic heterocycles. The van der Waals surface area contributed by atoms with Crippen LogP contribution in [0.4, 0.5) is 11.4 Å². The lowest BCUT2D eigenvalue weighted by Crippen LogP contribution is -2.26. The van der Waals surface area contributed by atoms with Crippen LogP contribution >= 0.6 is 0 Å². The number of aromatic nitrogens is 1. The van der Waals surface area contributed by atoms with Crippen LogP contribution in [-0.2, 0) is 6.54 Å². The standard InChI is InChI=1S/C45H31N3/c1-4-14-30(15-5-1)35-21-12-13-23-40(35)47-41-25-24-37-38(31-16-6-2-7-17-31)26-32-18-10-11-22-36(32)44(37)45(41)39-27-33-29-46-48(42(33)28-43(39)47)34-19-8-3-9-20-34/h1-28,46H,29H2. The summed E-state index contributed by atoms with van der Waals surface area (Å²) in [6.45, 7) is 0.772. The van der Waals surface area contributed by atoms with Crippen molar-refractivity contribution in [1.82, 2.24) is 9.99 Å². The smallest absolute Gasteiger partial charge is 0.0644 e. The number of hydrogen-bond acceptors (Lipinski definition) is 2. The van der Waals surface area contributed by atoms with Crippen LogP contribution < -0.4 is 10.4 Å². The van der Waals surface area contributed by atoms with Gasteiger partial charge in [0.05, 0.1) is 28.1 Å². The summed E-state index contributed by atoms with van der Waals surface area (Å²) in [7, 11) is 0. The molecule has 48 heavy (non-hydrogen) atoms. The highest BCUT2D eigenvalue weighted by molar-refractivity contribution is 6.30. The fraction of sp³-hybridized carbons (Fsp3) is 0.0222. The molecule has 0 saturated heterocycles. The molecule has 10 rings (SSSR count). The Labute approximate surface area is 278 Å². The summed E-state index contributed by atoms with van der Waals surface area (Å²) in [6, 6.07) is 61.7. The van der Waals surface area contributed by atoms with Crippen molar-refractivity contribution in [2.75, 3.05) is 5.01 Å². The third kappa shape index (κ3) is 4.05. The summed E-state index contributed by atoms with van der Waals surface area (Å²) < 4.78 is 2.50. The van der Waals surface area contributed by atoms with Gasteiger partial charge < -0.3 is 4.57 Å². The first kappa shape index (κ1) is 27.0. The van der Waals surface area contributed by atoms with Crippen LogP contribution in [0.3, 0.4) is 0 Å². The van der Waals surface area contributed by atoms with E-state index in [0.717, 1.165) is 12.2 Å².